The molecule has 0 aromatic carbocycles. The molecule has 0 aromatic heterocycles. The molecule has 162 valence electrons. The average molecular weight is 417 g/mol. The van der Waals surface area contributed by atoms with Gasteiger partial charge in [-0.05, 0) is 104 Å². The summed E-state index contributed by atoms with van der Waals surface area (Å²) >= 11 is 0. The number of aliphatic carboxylic acids is 1. The topological polar surface area (TPSA) is 77.8 Å². The summed E-state index contributed by atoms with van der Waals surface area (Å²) in [5.74, 6) is 2.36. The van der Waals surface area contributed by atoms with Gasteiger partial charge in [0.25, 0.3) is 0 Å². The maximum absolute atomic E-state index is 11.2. The van der Waals surface area contributed by atoms with Gasteiger partial charge in [0.15, 0.2) is 0 Å². The summed E-state index contributed by atoms with van der Waals surface area (Å²) in [4.78, 5) is 11.1. The van der Waals surface area contributed by atoms with Gasteiger partial charge in [-0.2, -0.15) is 0 Å². The van der Waals surface area contributed by atoms with Crippen LogP contribution in [0.5, 0.6) is 0 Å². The van der Waals surface area contributed by atoms with Crippen molar-refractivity contribution in [2.75, 3.05) is 0 Å². The molecule has 4 aliphatic rings. The van der Waals surface area contributed by atoms with Crippen LogP contribution in [0.15, 0.2) is 0 Å². The maximum Gasteiger partial charge on any atom is 1.00 e. The molecule has 0 amide bonds. The van der Waals surface area contributed by atoms with E-state index < -0.39 is 5.97 Å². The Kier molecular flexibility index (Phi) is 7.24. The Morgan fingerprint density at radius 1 is 1.03 bits per heavy atom. The largest absolute Gasteiger partial charge is 1.00 e. The first-order valence-corrected chi connectivity index (χ1v) is 11.7. The number of aliphatic hydroxyl groups is 2. The number of aliphatic hydroxyl groups excluding tert-OH is 2. The predicted octanol–water partition coefficient (Wildman–Crippen LogP) is 1.59. The Morgan fingerprint density at radius 2 is 1.69 bits per heavy atom. The quantitative estimate of drug-likeness (QED) is 0.609. The molecule has 4 nitrogen and oxygen atoms in total. The van der Waals surface area contributed by atoms with Gasteiger partial charge in [0.2, 0.25) is 0 Å². The summed E-state index contributed by atoms with van der Waals surface area (Å²) in [5, 5.41) is 30.5. The molecule has 4 aliphatic carbocycles. The van der Waals surface area contributed by atoms with Crippen molar-refractivity contribution in [1.82, 2.24) is 0 Å². The fraction of sp³-hybridized carbons (Fsp3) is 0.958. The Labute approximate surface area is 200 Å². The number of fused-ring (bicyclic) bond motifs is 5. The molecule has 4 fully saturated rings. The Hall–Kier alpha value is 0.390. The molecule has 10 atom stereocenters. The summed E-state index contributed by atoms with van der Waals surface area (Å²) in [6, 6.07) is 0. The number of hydrogen-bond acceptors (Lipinski definition) is 3. The van der Waals surface area contributed by atoms with E-state index in [1.807, 2.05) is 0 Å². The van der Waals surface area contributed by atoms with Crippen LogP contribution in [0.4, 0.5) is 0 Å². The van der Waals surface area contributed by atoms with Crippen molar-refractivity contribution in [2.45, 2.75) is 97.2 Å². The second kappa shape index (κ2) is 8.73. The van der Waals surface area contributed by atoms with Crippen molar-refractivity contribution in [2.24, 2.45) is 46.3 Å². The fourth-order valence-corrected chi connectivity index (χ4v) is 8.73. The van der Waals surface area contributed by atoms with Crippen molar-refractivity contribution in [3.05, 3.63) is 0 Å². The van der Waals surface area contributed by atoms with Crippen LogP contribution < -0.4 is 29.6 Å². The minimum Gasteiger partial charge on any atom is -1.00 e. The zero-order valence-electron chi connectivity index (χ0n) is 19.9. The SMILES string of the molecule is C[C@H](CCC(=O)O)[C@H]1CC[C@H]2[C@@H]3[C@@H](O)C[C@@H]4C[C@H](O)CC[C@]4(C)[C@H]3CC[C@]12C.[H-].[Na+]. The van der Waals surface area contributed by atoms with Gasteiger partial charge in [-0.1, -0.05) is 20.8 Å². The van der Waals surface area contributed by atoms with Crippen LogP contribution in [-0.2, 0) is 4.79 Å². The molecule has 0 saturated heterocycles. The summed E-state index contributed by atoms with van der Waals surface area (Å²) in [6.07, 6.45) is 9.19. The number of carboxylic acid groups (broad SMARTS) is 1. The minimum atomic E-state index is -0.684. The van der Waals surface area contributed by atoms with Gasteiger partial charge in [0, 0.05) is 6.42 Å². The molecule has 0 aliphatic heterocycles. The smallest absolute Gasteiger partial charge is 1.00 e. The third kappa shape index (κ3) is 3.99. The van der Waals surface area contributed by atoms with E-state index in [9.17, 15) is 15.0 Å². The molecule has 4 rings (SSSR count). The van der Waals surface area contributed by atoms with Crippen LogP contribution in [0.1, 0.15) is 86.4 Å². The molecule has 0 heterocycles. The van der Waals surface area contributed by atoms with Crippen LogP contribution in [0, 0.1) is 46.3 Å². The first kappa shape index (κ1) is 24.0. The van der Waals surface area contributed by atoms with E-state index >= 15 is 0 Å². The summed E-state index contributed by atoms with van der Waals surface area (Å²) in [6.45, 7) is 7.16. The zero-order valence-corrected chi connectivity index (χ0v) is 20.9. The standard InChI is InChI=1S/C24H40O4.Na.H/c1-14(4-7-21(27)28)17-5-6-18-22-19(9-11-24(17,18)3)23(2)10-8-16(25)12-15(23)13-20(22)26;;/h14-20,22,25-26H,4-13H2,1-3H3,(H,27,28);;/q;+1;-1/t14-,15+,16-,17-,18+,19+,20+,22+,23+,24-;;/m1../s1. The fourth-order valence-electron chi connectivity index (χ4n) is 8.73. The summed E-state index contributed by atoms with van der Waals surface area (Å²) < 4.78 is 0. The van der Waals surface area contributed by atoms with Crippen LogP contribution in [0.3, 0.4) is 0 Å². The molecule has 3 N–H and O–H groups in total. The van der Waals surface area contributed by atoms with E-state index in [0.717, 1.165) is 32.1 Å². The average Bonchev–Trinajstić information content (AvgIpc) is 2.98. The van der Waals surface area contributed by atoms with Gasteiger partial charge in [-0.25, -0.2) is 0 Å². The van der Waals surface area contributed by atoms with E-state index in [-0.39, 0.29) is 60.4 Å². The number of hydrogen-bond donors (Lipinski definition) is 3. The molecule has 0 bridgehead atoms. The molecule has 0 aromatic rings. The van der Waals surface area contributed by atoms with Gasteiger partial charge in [0.1, 0.15) is 0 Å². The van der Waals surface area contributed by atoms with Crippen LogP contribution in [0.25, 0.3) is 0 Å². The molecule has 5 heteroatoms. The summed E-state index contributed by atoms with van der Waals surface area (Å²) in [7, 11) is 0. The Morgan fingerprint density at radius 3 is 2.38 bits per heavy atom. The van der Waals surface area contributed by atoms with Crippen molar-refractivity contribution >= 4 is 5.97 Å². The minimum absolute atomic E-state index is 0. The first-order chi connectivity index (χ1) is 13.2. The van der Waals surface area contributed by atoms with Crippen molar-refractivity contribution in [1.29, 1.82) is 0 Å². The van der Waals surface area contributed by atoms with Crippen LogP contribution in [0.2, 0.25) is 0 Å². The predicted molar refractivity (Wildman–Crippen MR) is 110 cm³/mol. The molecule has 0 radical (unpaired) electrons. The monoisotopic (exact) mass is 416 g/mol. The molecule has 29 heavy (non-hydrogen) atoms. The summed E-state index contributed by atoms with van der Waals surface area (Å²) in [5.41, 5.74) is 0.523. The van der Waals surface area contributed by atoms with E-state index in [1.54, 1.807) is 0 Å². The van der Waals surface area contributed by atoms with Crippen LogP contribution in [-0.4, -0.2) is 33.5 Å². The number of carboxylic acids is 1. The van der Waals surface area contributed by atoms with Gasteiger partial charge in [-0.3, -0.25) is 4.79 Å². The zero-order chi connectivity index (χ0) is 20.3. The van der Waals surface area contributed by atoms with E-state index in [1.165, 1.54) is 25.7 Å². The molecular weight excluding hydrogens is 375 g/mol. The van der Waals surface area contributed by atoms with Gasteiger partial charge in [-0.15, -0.1) is 0 Å². The van der Waals surface area contributed by atoms with Gasteiger partial charge < -0.3 is 16.7 Å². The second-order valence-electron chi connectivity index (χ2n) is 11.4. The molecule has 4 saturated carbocycles. The Bertz CT molecular complexity index is 618. The van der Waals surface area contributed by atoms with Gasteiger partial charge in [0.05, 0.1) is 12.2 Å². The van der Waals surface area contributed by atoms with Crippen molar-refractivity contribution in [3.63, 3.8) is 0 Å². The molecule has 0 unspecified atom stereocenters. The number of rotatable bonds is 4. The van der Waals surface area contributed by atoms with E-state index in [0.29, 0.717) is 35.5 Å². The number of carbonyl (C=O) groups is 1. The van der Waals surface area contributed by atoms with Crippen molar-refractivity contribution in [3.8, 4) is 0 Å². The first-order valence-electron chi connectivity index (χ1n) is 11.7. The second-order valence-corrected chi connectivity index (χ2v) is 11.4. The van der Waals surface area contributed by atoms with E-state index in [2.05, 4.69) is 20.8 Å². The van der Waals surface area contributed by atoms with Crippen LogP contribution >= 0.6 is 0 Å². The normalized spacial score (nSPS) is 49.9. The third-order valence-corrected chi connectivity index (χ3v) is 10.2. The molecular formula is C24H41NaO4. The third-order valence-electron chi connectivity index (χ3n) is 10.2. The van der Waals surface area contributed by atoms with Gasteiger partial charge >= 0.3 is 35.5 Å². The van der Waals surface area contributed by atoms with Crippen molar-refractivity contribution < 1.29 is 51.1 Å². The van der Waals surface area contributed by atoms with E-state index in [4.69, 9.17) is 5.11 Å². The Balaban J connectivity index is 0.00000160. The molecule has 0 spiro atoms. The maximum atomic E-state index is 11.2.